The number of carbonyl (C=O) groups excluding carboxylic acids is 2. The summed E-state index contributed by atoms with van der Waals surface area (Å²) in [4.78, 5) is 25.0. The summed E-state index contributed by atoms with van der Waals surface area (Å²) in [6.07, 6.45) is 1.21. The number of amides is 1. The maximum atomic E-state index is 12.5. The molecule has 32 heavy (non-hydrogen) atoms. The topological polar surface area (TPSA) is 108 Å². The van der Waals surface area contributed by atoms with Crippen molar-refractivity contribution in [2.24, 2.45) is 5.10 Å². The van der Waals surface area contributed by atoms with Crippen molar-refractivity contribution >= 4 is 29.5 Å². The number of phenols is 2. The van der Waals surface area contributed by atoms with E-state index in [0.29, 0.717) is 21.9 Å². The summed E-state index contributed by atoms with van der Waals surface area (Å²) >= 11 is 5.86. The second-order valence-corrected chi connectivity index (χ2v) is 7.85. The highest BCUT2D eigenvalue weighted by molar-refractivity contribution is 6.30. The normalized spacial score (nSPS) is 11.3. The van der Waals surface area contributed by atoms with E-state index in [1.807, 2.05) is 0 Å². The summed E-state index contributed by atoms with van der Waals surface area (Å²) in [7, 11) is 0. The summed E-state index contributed by atoms with van der Waals surface area (Å²) in [5.41, 5.74) is 2.29. The molecular formula is C24H21ClN2O5. The van der Waals surface area contributed by atoms with Gasteiger partial charge in [-0.15, -0.1) is 0 Å². The van der Waals surface area contributed by atoms with E-state index in [1.165, 1.54) is 24.4 Å². The molecule has 3 aromatic rings. The maximum Gasteiger partial charge on any atom is 0.283 e. The van der Waals surface area contributed by atoms with E-state index in [2.05, 4.69) is 10.5 Å². The predicted octanol–water partition coefficient (Wildman–Crippen LogP) is 4.29. The van der Waals surface area contributed by atoms with E-state index in [1.54, 1.807) is 62.4 Å². The van der Waals surface area contributed by atoms with Crippen molar-refractivity contribution in [2.75, 3.05) is 0 Å². The molecule has 0 aliphatic heterocycles. The van der Waals surface area contributed by atoms with Gasteiger partial charge in [-0.2, -0.15) is 5.10 Å². The average molecular weight is 453 g/mol. The molecule has 0 bridgehead atoms. The largest absolute Gasteiger partial charge is 0.508 e. The monoisotopic (exact) mass is 452 g/mol. The summed E-state index contributed by atoms with van der Waals surface area (Å²) in [6, 6.07) is 17.0. The molecule has 0 aliphatic carbocycles. The summed E-state index contributed by atoms with van der Waals surface area (Å²) in [5, 5.41) is 23.5. The van der Waals surface area contributed by atoms with Gasteiger partial charge in [0.25, 0.3) is 5.91 Å². The second-order valence-electron chi connectivity index (χ2n) is 7.42. The first-order chi connectivity index (χ1) is 15.2. The van der Waals surface area contributed by atoms with Gasteiger partial charge in [-0.1, -0.05) is 11.6 Å². The molecule has 0 unspecified atom stereocenters. The zero-order valence-electron chi connectivity index (χ0n) is 17.4. The lowest BCUT2D eigenvalue weighted by molar-refractivity contribution is -0.134. The summed E-state index contributed by atoms with van der Waals surface area (Å²) in [6.45, 7) is 3.13. The van der Waals surface area contributed by atoms with Crippen LogP contribution in [0.5, 0.6) is 17.2 Å². The Morgan fingerprint density at radius 1 is 0.969 bits per heavy atom. The maximum absolute atomic E-state index is 12.5. The van der Waals surface area contributed by atoms with Gasteiger partial charge in [0.2, 0.25) is 0 Å². The third-order valence-electron chi connectivity index (χ3n) is 4.52. The Morgan fingerprint density at radius 2 is 1.56 bits per heavy atom. The molecule has 0 saturated heterocycles. The Kier molecular flexibility index (Phi) is 6.80. The van der Waals surface area contributed by atoms with E-state index in [-0.39, 0.29) is 22.8 Å². The van der Waals surface area contributed by atoms with Gasteiger partial charge in [0.05, 0.1) is 6.21 Å². The van der Waals surface area contributed by atoms with Gasteiger partial charge in [-0.25, -0.2) is 5.43 Å². The molecular weight excluding hydrogens is 432 g/mol. The smallest absolute Gasteiger partial charge is 0.283 e. The number of hydrazone groups is 1. The Morgan fingerprint density at radius 3 is 2.19 bits per heavy atom. The highest BCUT2D eigenvalue weighted by atomic mass is 35.5. The minimum absolute atomic E-state index is 0.0442. The van der Waals surface area contributed by atoms with Crippen LogP contribution in [0, 0.1) is 0 Å². The van der Waals surface area contributed by atoms with Gasteiger partial charge in [-0.3, -0.25) is 9.59 Å². The van der Waals surface area contributed by atoms with Crippen molar-refractivity contribution in [1.82, 2.24) is 5.43 Å². The number of carbonyl (C=O) groups is 2. The SMILES string of the molecule is CC(C)(Oc1ccc(C(=O)c2ccc(Cl)cc2)cc1)C(=O)N/N=C/c1cc(O)ccc1O. The molecule has 0 spiro atoms. The molecule has 164 valence electrons. The number of benzene rings is 3. The number of ether oxygens (including phenoxy) is 1. The molecule has 1 amide bonds. The lowest BCUT2D eigenvalue weighted by Crippen LogP contribution is -2.44. The number of nitrogens with one attached hydrogen (secondary N) is 1. The molecule has 0 heterocycles. The molecule has 0 aromatic heterocycles. The first-order valence-electron chi connectivity index (χ1n) is 9.60. The van der Waals surface area contributed by atoms with Crippen molar-refractivity contribution in [3.63, 3.8) is 0 Å². The Hall–Kier alpha value is -3.84. The van der Waals surface area contributed by atoms with Crippen LogP contribution in [0.25, 0.3) is 0 Å². The molecule has 0 atom stereocenters. The minimum atomic E-state index is -1.28. The van der Waals surface area contributed by atoms with Crippen LogP contribution in [0.3, 0.4) is 0 Å². The Bertz CT molecular complexity index is 1160. The van der Waals surface area contributed by atoms with Crippen LogP contribution in [0.1, 0.15) is 35.3 Å². The highest BCUT2D eigenvalue weighted by Gasteiger charge is 2.30. The molecule has 0 fully saturated rings. The molecule has 0 radical (unpaired) electrons. The first-order valence-corrected chi connectivity index (χ1v) is 9.98. The zero-order valence-corrected chi connectivity index (χ0v) is 18.1. The number of ketones is 1. The second kappa shape index (κ2) is 9.53. The van der Waals surface area contributed by atoms with E-state index in [0.717, 1.165) is 0 Å². The van der Waals surface area contributed by atoms with E-state index < -0.39 is 11.5 Å². The molecule has 8 heteroatoms. The van der Waals surface area contributed by atoms with Gasteiger partial charge in [0.15, 0.2) is 11.4 Å². The fourth-order valence-electron chi connectivity index (χ4n) is 2.72. The highest BCUT2D eigenvalue weighted by Crippen LogP contribution is 2.22. The number of rotatable bonds is 7. The first kappa shape index (κ1) is 22.8. The molecule has 0 aliphatic rings. The minimum Gasteiger partial charge on any atom is -0.508 e. The number of aromatic hydroxyl groups is 2. The molecule has 3 rings (SSSR count). The van der Waals surface area contributed by atoms with Gasteiger partial charge < -0.3 is 14.9 Å². The van der Waals surface area contributed by atoms with Gasteiger partial charge in [0.1, 0.15) is 17.2 Å². The van der Waals surface area contributed by atoms with Crippen LogP contribution in [0.15, 0.2) is 71.8 Å². The summed E-state index contributed by atoms with van der Waals surface area (Å²) in [5.74, 6) is -0.432. The van der Waals surface area contributed by atoms with Crippen LogP contribution >= 0.6 is 11.6 Å². The fraction of sp³-hybridized carbons (Fsp3) is 0.125. The van der Waals surface area contributed by atoms with Crippen LogP contribution in [0.2, 0.25) is 5.02 Å². The zero-order chi connectivity index (χ0) is 23.3. The lowest BCUT2D eigenvalue weighted by atomic mass is 10.0. The van der Waals surface area contributed by atoms with Crippen LogP contribution < -0.4 is 10.2 Å². The summed E-state index contributed by atoms with van der Waals surface area (Å²) < 4.78 is 5.76. The standard InChI is InChI=1S/C24H21ClN2O5/c1-24(2,23(31)27-26-14-17-13-19(28)9-12-21(17)29)32-20-10-5-16(6-11-20)22(30)15-3-7-18(25)8-4-15/h3-14,28-29H,1-2H3,(H,27,31)/b26-14+. The van der Waals surface area contributed by atoms with Gasteiger partial charge in [0, 0.05) is 21.7 Å². The van der Waals surface area contributed by atoms with Crippen LogP contribution in [0.4, 0.5) is 0 Å². The fourth-order valence-corrected chi connectivity index (χ4v) is 2.85. The van der Waals surface area contributed by atoms with Crippen molar-refractivity contribution in [3.05, 3.63) is 88.4 Å². The molecule has 3 aromatic carbocycles. The van der Waals surface area contributed by atoms with Gasteiger partial charge in [-0.05, 0) is 80.6 Å². The molecule has 3 N–H and O–H groups in total. The molecule has 7 nitrogen and oxygen atoms in total. The van der Waals surface area contributed by atoms with Crippen molar-refractivity contribution < 1.29 is 24.5 Å². The number of nitrogens with zero attached hydrogens (tertiary/aromatic N) is 1. The number of phenolic OH excluding ortho intramolecular Hbond substituents is 2. The van der Waals surface area contributed by atoms with E-state index >= 15 is 0 Å². The van der Waals surface area contributed by atoms with Crippen molar-refractivity contribution in [1.29, 1.82) is 0 Å². The predicted molar refractivity (Wildman–Crippen MR) is 122 cm³/mol. The average Bonchev–Trinajstić information content (AvgIpc) is 2.76. The Labute approximate surface area is 189 Å². The van der Waals surface area contributed by atoms with Crippen molar-refractivity contribution in [3.8, 4) is 17.2 Å². The number of halogens is 1. The van der Waals surface area contributed by atoms with E-state index in [4.69, 9.17) is 16.3 Å². The van der Waals surface area contributed by atoms with Crippen LogP contribution in [-0.4, -0.2) is 33.7 Å². The Balaban J connectivity index is 1.63. The van der Waals surface area contributed by atoms with Gasteiger partial charge >= 0.3 is 0 Å². The molecule has 0 saturated carbocycles. The number of hydrogen-bond donors (Lipinski definition) is 3. The number of hydrogen-bond acceptors (Lipinski definition) is 6. The van der Waals surface area contributed by atoms with Crippen LogP contribution in [-0.2, 0) is 4.79 Å². The van der Waals surface area contributed by atoms with Crippen molar-refractivity contribution in [2.45, 2.75) is 19.4 Å². The quantitative estimate of drug-likeness (QED) is 0.214. The lowest BCUT2D eigenvalue weighted by Gasteiger charge is -2.24. The third kappa shape index (κ3) is 5.65. The third-order valence-corrected chi connectivity index (χ3v) is 4.78. The van der Waals surface area contributed by atoms with E-state index in [9.17, 15) is 19.8 Å².